The lowest BCUT2D eigenvalue weighted by atomic mass is 9.82. The van der Waals surface area contributed by atoms with E-state index in [9.17, 15) is 0 Å². The molecule has 1 aliphatic rings. The normalized spacial score (nSPS) is 33.1. The highest BCUT2D eigenvalue weighted by Gasteiger charge is 2.16. The molecule has 0 aromatic rings. The Morgan fingerprint density at radius 2 is 1.85 bits per heavy atom. The third-order valence-corrected chi connectivity index (χ3v) is 3.28. The molecule has 1 saturated carbocycles. The van der Waals surface area contributed by atoms with Gasteiger partial charge in [0.1, 0.15) is 0 Å². The molecule has 1 heteroatoms. The van der Waals surface area contributed by atoms with Gasteiger partial charge in [-0.1, -0.05) is 31.4 Å². The van der Waals surface area contributed by atoms with Crippen LogP contribution >= 0.6 is 0 Å². The van der Waals surface area contributed by atoms with Gasteiger partial charge in [0.15, 0.2) is 0 Å². The molecule has 1 atom stereocenters. The Morgan fingerprint density at radius 1 is 1.31 bits per heavy atom. The van der Waals surface area contributed by atoms with Crippen molar-refractivity contribution < 1.29 is 0 Å². The Hall–Kier alpha value is -0.300. The van der Waals surface area contributed by atoms with E-state index in [1.165, 1.54) is 31.3 Å². The van der Waals surface area contributed by atoms with Crippen molar-refractivity contribution in [3.05, 3.63) is 11.6 Å². The van der Waals surface area contributed by atoms with Crippen molar-refractivity contribution in [2.24, 2.45) is 17.6 Å². The summed E-state index contributed by atoms with van der Waals surface area (Å²) in [5.41, 5.74) is 7.17. The fourth-order valence-corrected chi connectivity index (χ4v) is 1.98. The Bertz CT molecular complexity index is 174. The average molecular weight is 181 g/mol. The monoisotopic (exact) mass is 181 g/mol. The van der Waals surface area contributed by atoms with Crippen molar-refractivity contribution in [2.75, 3.05) is 0 Å². The third kappa shape index (κ3) is 3.51. The summed E-state index contributed by atoms with van der Waals surface area (Å²) in [4.78, 5) is 0. The minimum atomic E-state index is 0.236. The Balaban J connectivity index is 2.41. The summed E-state index contributed by atoms with van der Waals surface area (Å²) in [5.74, 6) is 1.75. The van der Waals surface area contributed by atoms with Crippen LogP contribution in [0.5, 0.6) is 0 Å². The molecule has 0 aliphatic heterocycles. The van der Waals surface area contributed by atoms with Gasteiger partial charge in [-0.25, -0.2) is 0 Å². The summed E-state index contributed by atoms with van der Waals surface area (Å²) in [6.45, 7) is 6.58. The molecule has 0 aromatic heterocycles. The van der Waals surface area contributed by atoms with Crippen molar-refractivity contribution in [2.45, 2.75) is 52.5 Å². The van der Waals surface area contributed by atoms with Gasteiger partial charge in [-0.2, -0.15) is 0 Å². The predicted octanol–water partition coefficient (Wildman–Crippen LogP) is 3.11. The van der Waals surface area contributed by atoms with Crippen LogP contribution < -0.4 is 5.73 Å². The summed E-state index contributed by atoms with van der Waals surface area (Å²) in [6, 6.07) is 0.236. The standard InChI is InChI=1S/C12H23N/c1-9-4-6-12(7-5-9)8-10(2)11(3)13/h8-9,11-12H,4-7,13H2,1-3H3. The SMILES string of the molecule is CC(=CC1CCC(C)CC1)C(C)N. The van der Waals surface area contributed by atoms with Crippen LogP contribution in [0.1, 0.15) is 46.5 Å². The van der Waals surface area contributed by atoms with E-state index in [2.05, 4.69) is 26.8 Å². The fraction of sp³-hybridized carbons (Fsp3) is 0.833. The molecule has 13 heavy (non-hydrogen) atoms. The molecule has 0 spiro atoms. The van der Waals surface area contributed by atoms with E-state index < -0.39 is 0 Å². The van der Waals surface area contributed by atoms with Gasteiger partial charge in [0.05, 0.1) is 0 Å². The van der Waals surface area contributed by atoms with Gasteiger partial charge in [-0.3, -0.25) is 0 Å². The highest BCUT2D eigenvalue weighted by molar-refractivity contribution is 5.07. The van der Waals surface area contributed by atoms with Crippen molar-refractivity contribution in [3.8, 4) is 0 Å². The highest BCUT2D eigenvalue weighted by atomic mass is 14.6. The van der Waals surface area contributed by atoms with Crippen molar-refractivity contribution in [1.82, 2.24) is 0 Å². The van der Waals surface area contributed by atoms with E-state index >= 15 is 0 Å². The minimum absolute atomic E-state index is 0.236. The lowest BCUT2D eigenvalue weighted by Crippen LogP contribution is -2.18. The van der Waals surface area contributed by atoms with Crippen molar-refractivity contribution in [1.29, 1.82) is 0 Å². The lowest BCUT2D eigenvalue weighted by Gasteiger charge is -2.24. The summed E-state index contributed by atoms with van der Waals surface area (Å²) < 4.78 is 0. The van der Waals surface area contributed by atoms with Crippen LogP contribution in [0, 0.1) is 11.8 Å². The first-order valence-electron chi connectivity index (χ1n) is 5.53. The van der Waals surface area contributed by atoms with Crippen LogP contribution in [-0.2, 0) is 0 Å². The molecular formula is C12H23N. The van der Waals surface area contributed by atoms with Gasteiger partial charge in [0.25, 0.3) is 0 Å². The lowest BCUT2D eigenvalue weighted by molar-refractivity contribution is 0.329. The van der Waals surface area contributed by atoms with Crippen LogP contribution in [0.4, 0.5) is 0 Å². The molecule has 0 saturated heterocycles. The maximum Gasteiger partial charge on any atom is 0.0222 e. The number of hydrogen-bond acceptors (Lipinski definition) is 1. The number of allylic oxidation sites excluding steroid dienone is 1. The average Bonchev–Trinajstić information content (AvgIpc) is 2.08. The molecule has 1 rings (SSSR count). The maximum absolute atomic E-state index is 5.81. The van der Waals surface area contributed by atoms with E-state index in [1.807, 2.05) is 0 Å². The first-order valence-corrected chi connectivity index (χ1v) is 5.53. The zero-order valence-corrected chi connectivity index (χ0v) is 9.22. The van der Waals surface area contributed by atoms with Gasteiger partial charge in [0, 0.05) is 6.04 Å². The quantitative estimate of drug-likeness (QED) is 0.651. The second-order valence-electron chi connectivity index (χ2n) is 4.72. The van der Waals surface area contributed by atoms with E-state index in [0.29, 0.717) is 0 Å². The number of rotatable bonds is 2. The van der Waals surface area contributed by atoms with Crippen LogP contribution in [0.2, 0.25) is 0 Å². The fourth-order valence-electron chi connectivity index (χ4n) is 1.98. The molecule has 0 heterocycles. The van der Waals surface area contributed by atoms with E-state index in [0.717, 1.165) is 11.8 Å². The summed E-state index contributed by atoms with van der Waals surface area (Å²) >= 11 is 0. The van der Waals surface area contributed by atoms with E-state index in [1.54, 1.807) is 0 Å². The van der Waals surface area contributed by atoms with Crippen molar-refractivity contribution in [3.63, 3.8) is 0 Å². The Kier molecular flexibility index (Phi) is 3.98. The summed E-state index contributed by atoms with van der Waals surface area (Å²) in [5, 5.41) is 0. The van der Waals surface area contributed by atoms with Gasteiger partial charge < -0.3 is 5.73 Å². The minimum Gasteiger partial charge on any atom is -0.324 e. The molecular weight excluding hydrogens is 158 g/mol. The second kappa shape index (κ2) is 4.80. The number of hydrogen-bond donors (Lipinski definition) is 1. The topological polar surface area (TPSA) is 26.0 Å². The van der Waals surface area contributed by atoms with Crippen LogP contribution in [0.15, 0.2) is 11.6 Å². The largest absolute Gasteiger partial charge is 0.324 e. The Labute approximate surface area is 82.4 Å². The molecule has 0 aromatic carbocycles. The molecule has 0 amide bonds. The van der Waals surface area contributed by atoms with Crippen LogP contribution in [-0.4, -0.2) is 6.04 Å². The zero-order valence-electron chi connectivity index (χ0n) is 9.22. The molecule has 2 N–H and O–H groups in total. The Morgan fingerprint density at radius 3 is 2.31 bits per heavy atom. The first-order chi connectivity index (χ1) is 6.09. The third-order valence-electron chi connectivity index (χ3n) is 3.28. The molecule has 1 fully saturated rings. The van der Waals surface area contributed by atoms with E-state index in [-0.39, 0.29) is 6.04 Å². The smallest absolute Gasteiger partial charge is 0.0222 e. The van der Waals surface area contributed by atoms with Crippen LogP contribution in [0.3, 0.4) is 0 Å². The first kappa shape index (κ1) is 10.8. The van der Waals surface area contributed by atoms with Crippen LogP contribution in [0.25, 0.3) is 0 Å². The highest BCUT2D eigenvalue weighted by Crippen LogP contribution is 2.29. The molecule has 1 aliphatic carbocycles. The second-order valence-corrected chi connectivity index (χ2v) is 4.72. The van der Waals surface area contributed by atoms with Gasteiger partial charge in [-0.05, 0) is 38.5 Å². The van der Waals surface area contributed by atoms with Gasteiger partial charge in [-0.15, -0.1) is 0 Å². The summed E-state index contributed by atoms with van der Waals surface area (Å²) in [6.07, 6.45) is 7.92. The number of nitrogens with two attached hydrogens (primary N) is 1. The zero-order chi connectivity index (χ0) is 9.84. The molecule has 76 valence electrons. The molecule has 1 unspecified atom stereocenters. The van der Waals surface area contributed by atoms with Gasteiger partial charge >= 0.3 is 0 Å². The van der Waals surface area contributed by atoms with Crippen molar-refractivity contribution >= 4 is 0 Å². The molecule has 0 radical (unpaired) electrons. The maximum atomic E-state index is 5.81. The van der Waals surface area contributed by atoms with E-state index in [4.69, 9.17) is 5.73 Å². The predicted molar refractivity (Wildman–Crippen MR) is 58.5 cm³/mol. The van der Waals surface area contributed by atoms with Gasteiger partial charge in [0.2, 0.25) is 0 Å². The molecule has 0 bridgehead atoms. The molecule has 1 nitrogen and oxygen atoms in total. The summed E-state index contributed by atoms with van der Waals surface area (Å²) in [7, 11) is 0.